The number of fused-ring (bicyclic) bond motifs is 1. The zero-order chi connectivity index (χ0) is 24.6. The lowest BCUT2D eigenvalue weighted by atomic mass is 10.2. The number of carbonyl (C=O) groups is 1. The van der Waals surface area contributed by atoms with Crippen LogP contribution in [0.4, 0.5) is 33.9 Å². The zero-order valence-corrected chi connectivity index (χ0v) is 18.2. The highest BCUT2D eigenvalue weighted by Gasteiger charge is 2.26. The van der Waals surface area contributed by atoms with Gasteiger partial charge in [-0.25, -0.2) is 35.8 Å². The Labute approximate surface area is 191 Å². The SMILES string of the molecule is CCN1Cc2c(Oc3ccc(NS(=O)(=O)c4cc(F)c(F)c(F)c4)cc3F)ccnc2NC1=O. The minimum atomic E-state index is -4.55. The van der Waals surface area contributed by atoms with Gasteiger partial charge in [-0.2, -0.15) is 0 Å². The maximum absolute atomic E-state index is 14.7. The summed E-state index contributed by atoms with van der Waals surface area (Å²) in [5.41, 5.74) is 0.254. The van der Waals surface area contributed by atoms with Crippen LogP contribution in [0.15, 0.2) is 47.5 Å². The van der Waals surface area contributed by atoms with Crippen molar-refractivity contribution in [2.45, 2.75) is 18.4 Å². The molecule has 0 saturated heterocycles. The van der Waals surface area contributed by atoms with Crippen molar-refractivity contribution in [3.8, 4) is 11.5 Å². The second-order valence-electron chi connectivity index (χ2n) is 7.13. The lowest BCUT2D eigenvalue weighted by Crippen LogP contribution is -2.38. The molecule has 178 valence electrons. The van der Waals surface area contributed by atoms with Crippen LogP contribution >= 0.6 is 0 Å². The van der Waals surface area contributed by atoms with Gasteiger partial charge in [-0.3, -0.25) is 10.0 Å². The van der Waals surface area contributed by atoms with Crippen molar-refractivity contribution in [3.63, 3.8) is 0 Å². The monoisotopic (exact) mass is 496 g/mol. The normalized spacial score (nSPS) is 13.3. The van der Waals surface area contributed by atoms with Crippen LogP contribution in [-0.4, -0.2) is 30.9 Å². The molecule has 34 heavy (non-hydrogen) atoms. The van der Waals surface area contributed by atoms with Crippen LogP contribution < -0.4 is 14.8 Å². The number of rotatable bonds is 6. The predicted molar refractivity (Wildman–Crippen MR) is 113 cm³/mol. The quantitative estimate of drug-likeness (QED) is 0.384. The number of anilines is 2. The lowest BCUT2D eigenvalue weighted by Gasteiger charge is -2.28. The van der Waals surface area contributed by atoms with Gasteiger partial charge in [0.05, 0.1) is 22.7 Å². The van der Waals surface area contributed by atoms with Gasteiger partial charge in [0.25, 0.3) is 10.0 Å². The number of hydrogen-bond acceptors (Lipinski definition) is 5. The molecule has 0 fully saturated rings. The van der Waals surface area contributed by atoms with E-state index in [1.807, 2.05) is 4.72 Å². The fourth-order valence-electron chi connectivity index (χ4n) is 3.20. The van der Waals surface area contributed by atoms with Gasteiger partial charge in [-0.15, -0.1) is 0 Å². The Kier molecular flexibility index (Phi) is 6.04. The highest BCUT2D eigenvalue weighted by molar-refractivity contribution is 7.92. The number of nitrogens with zero attached hydrogens (tertiary/aromatic N) is 2. The third-order valence-corrected chi connectivity index (χ3v) is 6.29. The van der Waals surface area contributed by atoms with Crippen LogP contribution in [0.3, 0.4) is 0 Å². The Bertz CT molecular complexity index is 1380. The summed E-state index contributed by atoms with van der Waals surface area (Å²) in [7, 11) is -4.55. The van der Waals surface area contributed by atoms with E-state index < -0.39 is 38.2 Å². The zero-order valence-electron chi connectivity index (χ0n) is 17.4. The number of nitrogens with one attached hydrogen (secondary N) is 2. The van der Waals surface area contributed by atoms with Crippen LogP contribution in [-0.2, 0) is 16.6 Å². The van der Waals surface area contributed by atoms with Gasteiger partial charge < -0.3 is 9.64 Å². The molecule has 4 rings (SSSR count). The van der Waals surface area contributed by atoms with Gasteiger partial charge in [0.15, 0.2) is 29.0 Å². The average Bonchev–Trinajstić information content (AvgIpc) is 2.78. The van der Waals surface area contributed by atoms with Gasteiger partial charge >= 0.3 is 6.03 Å². The van der Waals surface area contributed by atoms with E-state index in [1.54, 1.807) is 6.92 Å². The van der Waals surface area contributed by atoms with Crippen molar-refractivity contribution >= 4 is 27.6 Å². The number of carbonyl (C=O) groups excluding carboxylic acids is 1. The fraction of sp³-hybridized carbons (Fsp3) is 0.143. The van der Waals surface area contributed by atoms with Crippen molar-refractivity contribution < 1.29 is 35.5 Å². The van der Waals surface area contributed by atoms with E-state index in [2.05, 4.69) is 10.3 Å². The van der Waals surface area contributed by atoms with E-state index in [1.165, 1.54) is 23.2 Å². The van der Waals surface area contributed by atoms with Crippen LogP contribution in [0.2, 0.25) is 0 Å². The summed E-state index contributed by atoms with van der Waals surface area (Å²) in [5, 5.41) is 2.61. The Hall–Kier alpha value is -3.87. The fourth-order valence-corrected chi connectivity index (χ4v) is 4.27. The first-order valence-electron chi connectivity index (χ1n) is 9.77. The molecule has 8 nitrogen and oxygen atoms in total. The Morgan fingerprint density at radius 1 is 1.06 bits per heavy atom. The molecular formula is C21H16F4N4O4S. The second-order valence-corrected chi connectivity index (χ2v) is 8.82. The highest BCUT2D eigenvalue weighted by Crippen LogP contribution is 2.34. The number of benzene rings is 2. The Morgan fingerprint density at radius 2 is 1.76 bits per heavy atom. The molecule has 2 heterocycles. The van der Waals surface area contributed by atoms with Gasteiger partial charge in [0, 0.05) is 18.8 Å². The van der Waals surface area contributed by atoms with Gasteiger partial charge in [0.2, 0.25) is 0 Å². The lowest BCUT2D eigenvalue weighted by molar-refractivity contribution is 0.209. The first-order valence-corrected chi connectivity index (χ1v) is 11.3. The van der Waals surface area contributed by atoms with Crippen LogP contribution in [0.25, 0.3) is 0 Å². The standard InChI is InChI=1S/C21H16F4N4O4S/c1-2-29-10-13-17(5-6-26-20(13)27-21(29)30)33-18-4-3-11(7-14(18)22)28-34(31,32)12-8-15(23)19(25)16(24)9-12/h3-9,28H,2,10H2,1H3,(H,26,27,30). The molecule has 0 unspecified atom stereocenters. The van der Waals surface area contributed by atoms with E-state index in [9.17, 15) is 30.8 Å². The molecular weight excluding hydrogens is 480 g/mol. The third kappa shape index (κ3) is 4.46. The summed E-state index contributed by atoms with van der Waals surface area (Å²) in [5.74, 6) is -5.89. The molecule has 2 aromatic carbocycles. The maximum Gasteiger partial charge on any atom is 0.323 e. The molecule has 3 aromatic rings. The Balaban J connectivity index is 1.57. The van der Waals surface area contributed by atoms with Crippen molar-refractivity contribution in [1.82, 2.24) is 9.88 Å². The molecule has 0 radical (unpaired) electrons. The number of halogens is 4. The average molecular weight is 496 g/mol. The van der Waals surface area contributed by atoms with Crippen LogP contribution in [0.5, 0.6) is 11.5 Å². The third-order valence-electron chi connectivity index (χ3n) is 4.93. The molecule has 2 N–H and O–H groups in total. The number of hydrogen-bond donors (Lipinski definition) is 2. The molecule has 2 amide bonds. The van der Waals surface area contributed by atoms with Crippen molar-refractivity contribution in [3.05, 3.63) is 71.4 Å². The number of aromatic nitrogens is 1. The minimum Gasteiger partial charge on any atom is -0.454 e. The number of pyridine rings is 1. The van der Waals surface area contributed by atoms with Gasteiger partial charge in [-0.1, -0.05) is 0 Å². The summed E-state index contributed by atoms with van der Waals surface area (Å²) < 4.78 is 87.0. The van der Waals surface area contributed by atoms with Crippen LogP contribution in [0.1, 0.15) is 12.5 Å². The summed E-state index contributed by atoms with van der Waals surface area (Å²) in [6.45, 7) is 2.39. The molecule has 1 aliphatic rings. The number of sulfonamides is 1. The second kappa shape index (κ2) is 8.82. The van der Waals surface area contributed by atoms with Crippen molar-refractivity contribution in [2.24, 2.45) is 0 Å². The number of urea groups is 1. The molecule has 0 bridgehead atoms. The number of ether oxygens (including phenoxy) is 1. The molecule has 0 atom stereocenters. The molecule has 1 aromatic heterocycles. The smallest absolute Gasteiger partial charge is 0.323 e. The number of amides is 2. The van der Waals surface area contributed by atoms with E-state index in [0.717, 1.165) is 12.1 Å². The van der Waals surface area contributed by atoms with Crippen molar-refractivity contribution in [2.75, 3.05) is 16.6 Å². The first-order chi connectivity index (χ1) is 16.1. The predicted octanol–water partition coefficient (Wildman–Crippen LogP) is 4.60. The van der Waals surface area contributed by atoms with Crippen molar-refractivity contribution in [1.29, 1.82) is 0 Å². The summed E-state index contributed by atoms with van der Waals surface area (Å²) in [6.07, 6.45) is 1.37. The molecule has 0 aliphatic carbocycles. The van der Waals surface area contributed by atoms with Gasteiger partial charge in [-0.05, 0) is 37.3 Å². The van der Waals surface area contributed by atoms with E-state index in [-0.39, 0.29) is 35.6 Å². The molecule has 0 saturated carbocycles. The first kappa shape index (κ1) is 23.3. The molecule has 1 aliphatic heterocycles. The van der Waals surface area contributed by atoms with E-state index in [4.69, 9.17) is 4.74 Å². The van der Waals surface area contributed by atoms with E-state index in [0.29, 0.717) is 24.2 Å². The van der Waals surface area contributed by atoms with Crippen LogP contribution in [0, 0.1) is 23.3 Å². The topological polar surface area (TPSA) is 101 Å². The highest BCUT2D eigenvalue weighted by atomic mass is 32.2. The van der Waals surface area contributed by atoms with Gasteiger partial charge in [0.1, 0.15) is 11.6 Å². The summed E-state index contributed by atoms with van der Waals surface area (Å²) in [4.78, 5) is 16.7. The minimum absolute atomic E-state index is 0.186. The maximum atomic E-state index is 14.7. The van der Waals surface area contributed by atoms with E-state index >= 15 is 0 Å². The molecule has 0 spiro atoms. The summed E-state index contributed by atoms with van der Waals surface area (Å²) in [6, 6.07) is 4.88. The largest absolute Gasteiger partial charge is 0.454 e. The molecule has 13 heteroatoms. The Morgan fingerprint density at radius 3 is 2.41 bits per heavy atom. The summed E-state index contributed by atoms with van der Waals surface area (Å²) >= 11 is 0.